The Morgan fingerprint density at radius 1 is 0.767 bits per heavy atom. The summed E-state index contributed by atoms with van der Waals surface area (Å²) in [7, 11) is 0. The average molecular weight is 427 g/mol. The molecule has 0 saturated heterocycles. The molecule has 6 heteroatoms. The van der Waals surface area contributed by atoms with Gasteiger partial charge in [0.1, 0.15) is 12.2 Å². The smallest absolute Gasteiger partial charge is 0.350 e. The topological polar surface area (TPSA) is 78.9 Å². The summed E-state index contributed by atoms with van der Waals surface area (Å²) in [5.41, 5.74) is -2.68. The molecule has 0 N–H and O–H groups in total. The van der Waals surface area contributed by atoms with Crippen LogP contribution in [0.2, 0.25) is 0 Å². The normalized spacial score (nSPS) is 22.6. The van der Waals surface area contributed by atoms with Crippen molar-refractivity contribution in [3.8, 4) is 0 Å². The highest BCUT2D eigenvalue weighted by atomic mass is 16.6. The molecular formula is C24H42O6. The van der Waals surface area contributed by atoms with Crippen LogP contribution in [0.15, 0.2) is 0 Å². The Balaban J connectivity index is 2.97. The Morgan fingerprint density at radius 3 is 1.63 bits per heavy atom. The molecule has 1 aliphatic carbocycles. The summed E-state index contributed by atoms with van der Waals surface area (Å²) >= 11 is 0. The first-order chi connectivity index (χ1) is 13.4. The van der Waals surface area contributed by atoms with Crippen LogP contribution in [0.4, 0.5) is 0 Å². The number of carbonyl (C=O) groups is 3. The second kappa shape index (κ2) is 9.27. The third-order valence-electron chi connectivity index (χ3n) is 6.05. The fraction of sp³-hybridized carbons (Fsp3) is 0.875. The lowest BCUT2D eigenvalue weighted by Gasteiger charge is -2.44. The third-order valence-corrected chi connectivity index (χ3v) is 6.05. The fourth-order valence-corrected chi connectivity index (χ4v) is 3.92. The minimum atomic E-state index is -1.44. The number of ether oxygens (including phenoxy) is 3. The summed E-state index contributed by atoms with van der Waals surface area (Å²) in [4.78, 5) is 37.6. The van der Waals surface area contributed by atoms with Crippen molar-refractivity contribution in [2.45, 2.75) is 119 Å². The van der Waals surface area contributed by atoms with Crippen molar-refractivity contribution in [2.24, 2.45) is 16.2 Å². The maximum Gasteiger partial charge on any atom is 0.350 e. The Bertz CT molecular complexity index is 637. The largest absolute Gasteiger partial charge is 0.459 e. The Morgan fingerprint density at radius 2 is 1.23 bits per heavy atom. The van der Waals surface area contributed by atoms with E-state index in [-0.39, 0.29) is 10.8 Å². The monoisotopic (exact) mass is 426 g/mol. The molecule has 174 valence electrons. The van der Waals surface area contributed by atoms with Crippen molar-refractivity contribution < 1.29 is 28.6 Å². The molecule has 0 aromatic heterocycles. The van der Waals surface area contributed by atoms with Gasteiger partial charge in [0.05, 0.1) is 5.41 Å². The Labute approximate surface area is 182 Å². The van der Waals surface area contributed by atoms with Gasteiger partial charge in [-0.2, -0.15) is 0 Å². The first-order valence-corrected chi connectivity index (χ1v) is 11.0. The van der Waals surface area contributed by atoms with Crippen molar-refractivity contribution in [1.82, 2.24) is 0 Å². The van der Waals surface area contributed by atoms with E-state index in [0.29, 0.717) is 19.3 Å². The van der Waals surface area contributed by atoms with E-state index in [9.17, 15) is 14.4 Å². The van der Waals surface area contributed by atoms with Crippen LogP contribution in [0, 0.1) is 16.2 Å². The summed E-state index contributed by atoms with van der Waals surface area (Å²) in [5, 5.41) is 0. The minimum absolute atomic E-state index is 0.0922. The van der Waals surface area contributed by atoms with Crippen LogP contribution in [-0.2, 0) is 28.6 Å². The number of hydrogen-bond donors (Lipinski definition) is 0. The molecule has 0 aliphatic heterocycles. The molecule has 6 nitrogen and oxygen atoms in total. The first-order valence-electron chi connectivity index (χ1n) is 11.0. The maximum absolute atomic E-state index is 13.3. The predicted molar refractivity (Wildman–Crippen MR) is 116 cm³/mol. The third kappa shape index (κ3) is 6.98. The lowest BCUT2D eigenvalue weighted by molar-refractivity contribution is -0.198. The molecule has 0 bridgehead atoms. The van der Waals surface area contributed by atoms with E-state index in [2.05, 4.69) is 20.8 Å². The number of rotatable bonds is 6. The van der Waals surface area contributed by atoms with Gasteiger partial charge in [0.15, 0.2) is 0 Å². The van der Waals surface area contributed by atoms with Gasteiger partial charge < -0.3 is 14.2 Å². The van der Waals surface area contributed by atoms with Crippen LogP contribution < -0.4 is 0 Å². The standard InChI is InChI=1S/C24H42O6/c1-16(25)28-17-13-11-12-14-18(17)29-19(26)23(8,9)30-20(27)24(10,22(5,6)7)15-21(2,3)4/h17-18H,11-15H2,1-10H3. The summed E-state index contributed by atoms with van der Waals surface area (Å²) in [5.74, 6) is -1.42. The van der Waals surface area contributed by atoms with Gasteiger partial charge in [-0.15, -0.1) is 0 Å². The maximum atomic E-state index is 13.3. The van der Waals surface area contributed by atoms with Crippen LogP contribution >= 0.6 is 0 Å². The number of esters is 3. The summed E-state index contributed by atoms with van der Waals surface area (Å²) in [6.45, 7) is 18.6. The molecule has 1 fully saturated rings. The van der Waals surface area contributed by atoms with E-state index < -0.39 is 41.1 Å². The van der Waals surface area contributed by atoms with E-state index in [1.807, 2.05) is 27.7 Å². The lowest BCUT2D eigenvalue weighted by Crippen LogP contribution is -2.50. The van der Waals surface area contributed by atoms with Crippen LogP contribution in [0.1, 0.15) is 101 Å². The zero-order valence-corrected chi connectivity index (χ0v) is 20.6. The van der Waals surface area contributed by atoms with Crippen LogP contribution in [-0.4, -0.2) is 35.7 Å². The summed E-state index contributed by atoms with van der Waals surface area (Å²) in [6, 6.07) is 0. The molecule has 1 saturated carbocycles. The highest BCUT2D eigenvalue weighted by molar-refractivity contribution is 5.85. The van der Waals surface area contributed by atoms with Gasteiger partial charge in [-0.05, 0) is 63.7 Å². The molecule has 1 aliphatic rings. The summed E-state index contributed by atoms with van der Waals surface area (Å²) in [6.07, 6.45) is 2.74. The molecule has 0 radical (unpaired) electrons. The number of carbonyl (C=O) groups excluding carboxylic acids is 3. The number of hydrogen-bond acceptors (Lipinski definition) is 6. The van der Waals surface area contributed by atoms with Gasteiger partial charge in [0, 0.05) is 6.92 Å². The molecule has 3 unspecified atom stereocenters. The van der Waals surface area contributed by atoms with Gasteiger partial charge in [0.2, 0.25) is 5.60 Å². The SMILES string of the molecule is CC(=O)OC1CCCCC1OC(=O)C(C)(C)OC(=O)C(C)(CC(C)(C)C)C(C)(C)C. The van der Waals surface area contributed by atoms with Crippen LogP contribution in [0.3, 0.4) is 0 Å². The lowest BCUT2D eigenvalue weighted by atomic mass is 9.61. The van der Waals surface area contributed by atoms with E-state index in [4.69, 9.17) is 14.2 Å². The van der Waals surface area contributed by atoms with Crippen molar-refractivity contribution >= 4 is 17.9 Å². The van der Waals surface area contributed by atoms with Gasteiger partial charge in [-0.1, -0.05) is 41.5 Å². The molecule has 0 aromatic rings. The van der Waals surface area contributed by atoms with E-state index in [1.165, 1.54) is 6.92 Å². The fourth-order valence-electron chi connectivity index (χ4n) is 3.92. The van der Waals surface area contributed by atoms with Crippen LogP contribution in [0.5, 0.6) is 0 Å². The molecular weight excluding hydrogens is 384 g/mol. The quantitative estimate of drug-likeness (QED) is 0.428. The zero-order valence-electron chi connectivity index (χ0n) is 20.6. The van der Waals surface area contributed by atoms with Crippen molar-refractivity contribution in [3.05, 3.63) is 0 Å². The average Bonchev–Trinajstić information content (AvgIpc) is 2.53. The minimum Gasteiger partial charge on any atom is -0.459 e. The highest BCUT2D eigenvalue weighted by Gasteiger charge is 2.50. The van der Waals surface area contributed by atoms with Gasteiger partial charge in [-0.3, -0.25) is 9.59 Å². The van der Waals surface area contributed by atoms with E-state index in [1.54, 1.807) is 13.8 Å². The molecule has 0 heterocycles. The van der Waals surface area contributed by atoms with Crippen LogP contribution in [0.25, 0.3) is 0 Å². The van der Waals surface area contributed by atoms with Gasteiger partial charge >= 0.3 is 17.9 Å². The predicted octanol–water partition coefficient (Wildman–Crippen LogP) is 5.21. The molecule has 30 heavy (non-hydrogen) atoms. The summed E-state index contributed by atoms with van der Waals surface area (Å²) < 4.78 is 16.8. The molecule has 1 rings (SSSR count). The van der Waals surface area contributed by atoms with E-state index >= 15 is 0 Å². The van der Waals surface area contributed by atoms with Gasteiger partial charge in [0.25, 0.3) is 0 Å². The van der Waals surface area contributed by atoms with Gasteiger partial charge in [-0.25, -0.2) is 4.79 Å². The highest BCUT2D eigenvalue weighted by Crippen LogP contribution is 2.48. The molecule has 0 aromatic carbocycles. The molecule has 3 atom stereocenters. The van der Waals surface area contributed by atoms with Crippen molar-refractivity contribution in [1.29, 1.82) is 0 Å². The van der Waals surface area contributed by atoms with Crippen molar-refractivity contribution in [2.75, 3.05) is 0 Å². The Hall–Kier alpha value is -1.59. The molecule has 0 spiro atoms. The molecule has 0 amide bonds. The first kappa shape index (κ1) is 26.4. The zero-order chi connectivity index (χ0) is 23.5. The second-order valence-corrected chi connectivity index (χ2v) is 11.6. The second-order valence-electron chi connectivity index (χ2n) is 11.6. The van der Waals surface area contributed by atoms with E-state index in [0.717, 1.165) is 12.8 Å². The Kier molecular flexibility index (Phi) is 8.17. The van der Waals surface area contributed by atoms with Crippen molar-refractivity contribution in [3.63, 3.8) is 0 Å².